The number of ether oxygens (including phenoxy) is 2. The molecule has 266 valence electrons. The second kappa shape index (κ2) is 16.1. The number of halogens is 3. The molecule has 50 heavy (non-hydrogen) atoms. The van der Waals surface area contributed by atoms with Gasteiger partial charge in [-0.1, -0.05) is 48.0 Å². The Bertz CT molecular complexity index is 1900. The number of esters is 1. The fraction of sp³-hybridized carbons (Fsp3) is 0.258. The molecule has 0 fully saturated rings. The predicted octanol–water partition coefficient (Wildman–Crippen LogP) is 4.59. The number of amides is 1. The van der Waals surface area contributed by atoms with Crippen LogP contribution in [-0.4, -0.2) is 77.9 Å². The molecule has 0 spiro atoms. The highest BCUT2D eigenvalue weighted by Crippen LogP contribution is 2.33. The maximum absolute atomic E-state index is 13.5. The van der Waals surface area contributed by atoms with Gasteiger partial charge < -0.3 is 19.8 Å². The van der Waals surface area contributed by atoms with E-state index in [-0.39, 0.29) is 35.0 Å². The predicted molar refractivity (Wildman–Crippen MR) is 168 cm³/mol. The lowest BCUT2D eigenvalue weighted by molar-refractivity contribution is -0.713. The number of nitrogens with zero attached hydrogens (tertiary/aromatic N) is 5. The van der Waals surface area contributed by atoms with Crippen molar-refractivity contribution in [1.29, 1.82) is 0 Å². The lowest BCUT2D eigenvalue weighted by Crippen LogP contribution is -2.38. The van der Waals surface area contributed by atoms with E-state index in [9.17, 15) is 41.5 Å². The van der Waals surface area contributed by atoms with Gasteiger partial charge in [-0.3, -0.25) is 4.84 Å². The number of hydrogen-bond donors (Lipinski definition) is 2. The summed E-state index contributed by atoms with van der Waals surface area (Å²) in [7, 11) is -4.51. The van der Waals surface area contributed by atoms with Crippen LogP contribution >= 0.6 is 0 Å². The minimum atomic E-state index is -4.74. The van der Waals surface area contributed by atoms with E-state index in [0.29, 0.717) is 5.56 Å². The summed E-state index contributed by atoms with van der Waals surface area (Å²) < 4.78 is 78.8. The number of aryl methyl sites for hydroxylation is 1. The van der Waals surface area contributed by atoms with Crippen molar-refractivity contribution in [3.05, 3.63) is 107 Å². The molecule has 0 aliphatic heterocycles. The molecule has 1 unspecified atom stereocenters. The van der Waals surface area contributed by atoms with Crippen LogP contribution in [0.2, 0.25) is 0 Å². The van der Waals surface area contributed by atoms with Crippen LogP contribution in [0, 0.1) is 12.1 Å². The molecule has 0 aliphatic carbocycles. The highest BCUT2D eigenvalue weighted by molar-refractivity contribution is 7.90. The third-order valence-electron chi connectivity index (χ3n) is 6.69. The molecule has 2 N–H and O–H groups in total. The van der Waals surface area contributed by atoms with E-state index in [1.165, 1.54) is 31.2 Å². The molecule has 1 heterocycles. The number of aromatic nitrogens is 2. The molecular weight excluding hydrogens is 689 g/mol. The number of rotatable bonds is 14. The first kappa shape index (κ1) is 37.1. The Morgan fingerprint density at radius 3 is 2.34 bits per heavy atom. The van der Waals surface area contributed by atoms with Gasteiger partial charge in [-0.15, -0.1) is 5.01 Å². The molecule has 0 aliphatic rings. The number of aliphatic hydroxyl groups excluding tert-OH is 1. The van der Waals surface area contributed by atoms with Gasteiger partial charge in [0.05, 0.1) is 33.4 Å². The van der Waals surface area contributed by atoms with Crippen LogP contribution < -0.4 is 4.72 Å². The van der Waals surface area contributed by atoms with Gasteiger partial charge in [-0.2, -0.15) is 18.3 Å². The Balaban J connectivity index is 1.35. The van der Waals surface area contributed by atoms with Crippen LogP contribution in [0.5, 0.6) is 0 Å². The number of carbonyl (C=O) groups excluding carboxylic acids is 2. The third kappa shape index (κ3) is 9.92. The average molecular weight is 721 g/mol. The largest absolute Gasteiger partial charge is 0.569 e. The number of carbonyl (C=O) groups is 2. The maximum atomic E-state index is 13.5. The molecule has 3 aromatic carbocycles. The van der Waals surface area contributed by atoms with Gasteiger partial charge in [0, 0.05) is 12.5 Å². The molecule has 1 amide bonds. The van der Waals surface area contributed by atoms with Gasteiger partial charge in [-0.05, 0) is 49.4 Å². The topological polar surface area (TPSA) is 188 Å². The summed E-state index contributed by atoms with van der Waals surface area (Å²) in [5, 5.41) is 29.4. The number of benzene rings is 3. The van der Waals surface area contributed by atoms with Crippen LogP contribution in [0.25, 0.3) is 16.9 Å². The van der Waals surface area contributed by atoms with Gasteiger partial charge in [0.15, 0.2) is 5.69 Å². The van der Waals surface area contributed by atoms with E-state index in [2.05, 4.69) is 10.4 Å². The second-order valence-electron chi connectivity index (χ2n) is 10.4. The van der Waals surface area contributed by atoms with E-state index < -0.39 is 58.4 Å². The molecule has 19 heteroatoms. The summed E-state index contributed by atoms with van der Waals surface area (Å²) in [6.07, 6.45) is -7.42. The Morgan fingerprint density at radius 1 is 1.06 bits per heavy atom. The van der Waals surface area contributed by atoms with E-state index in [0.717, 1.165) is 33.5 Å². The first-order chi connectivity index (χ1) is 23.7. The van der Waals surface area contributed by atoms with Gasteiger partial charge in [0.25, 0.3) is 16.3 Å². The van der Waals surface area contributed by atoms with E-state index >= 15 is 0 Å². The molecule has 0 saturated heterocycles. The zero-order valence-corrected chi connectivity index (χ0v) is 27.3. The summed E-state index contributed by atoms with van der Waals surface area (Å²) >= 11 is 0. The number of hydrazine groups is 1. The highest BCUT2D eigenvalue weighted by atomic mass is 32.2. The monoisotopic (exact) mass is 720 g/mol. The van der Waals surface area contributed by atoms with Crippen molar-refractivity contribution >= 4 is 22.1 Å². The minimum Gasteiger partial charge on any atom is -0.569 e. The number of nitrogens with one attached hydrogen (secondary N) is 1. The SMILES string of the molecule is Cc1ccc(-c2cc(C(F)(F)F)nn2-c2ccc(S(=O)(=O)NC(=O)OCCN(CCO)/[N+]([O-])=N/OC(C)OC(=O)c3ccccc3)cc2)cc1. The number of sulfonamides is 1. The fourth-order valence-corrected chi connectivity index (χ4v) is 5.12. The summed E-state index contributed by atoms with van der Waals surface area (Å²) in [6.45, 7) is 1.39. The minimum absolute atomic E-state index is 0.0792. The van der Waals surface area contributed by atoms with Gasteiger partial charge in [0.1, 0.15) is 19.7 Å². The van der Waals surface area contributed by atoms with Gasteiger partial charge >= 0.3 is 18.2 Å². The molecular formula is C31H31F3N6O9S. The van der Waals surface area contributed by atoms with Crippen molar-refractivity contribution in [3.63, 3.8) is 0 Å². The quantitative estimate of drug-likeness (QED) is 0.0610. The Kier molecular flexibility index (Phi) is 12.0. The van der Waals surface area contributed by atoms with E-state index in [1.54, 1.807) is 47.2 Å². The van der Waals surface area contributed by atoms with Crippen LogP contribution in [0.4, 0.5) is 18.0 Å². The van der Waals surface area contributed by atoms with Crippen molar-refractivity contribution in [1.82, 2.24) is 19.5 Å². The smallest absolute Gasteiger partial charge is 0.435 e. The Labute approximate surface area is 283 Å². The third-order valence-corrected chi connectivity index (χ3v) is 8.02. The van der Waals surface area contributed by atoms with Crippen molar-refractivity contribution in [2.45, 2.75) is 31.2 Å². The van der Waals surface area contributed by atoms with Crippen molar-refractivity contribution in [2.24, 2.45) is 5.28 Å². The molecule has 1 atom stereocenters. The lowest BCUT2D eigenvalue weighted by atomic mass is 10.1. The molecule has 4 aromatic rings. The maximum Gasteiger partial charge on any atom is 0.435 e. The standard InChI is InChI=1S/C31H31F3N6O9S/c1-21-8-10-23(11-9-21)27-20-28(31(32,33)34)35-39(27)25-12-14-26(15-13-25)50(45,46)36-30(43)47-19-17-38(16-18-41)40(44)37-49-22(2)48-29(42)24-6-4-3-5-7-24/h3-15,20,22,41H,16-19H2,1-2H3,(H,36,43)/b40-37-. The lowest BCUT2D eigenvalue weighted by Gasteiger charge is -2.17. The highest BCUT2D eigenvalue weighted by Gasteiger charge is 2.35. The van der Waals surface area contributed by atoms with Crippen LogP contribution in [-0.2, 0) is 30.5 Å². The van der Waals surface area contributed by atoms with Crippen molar-refractivity contribution in [2.75, 3.05) is 26.3 Å². The molecule has 1 aromatic heterocycles. The van der Waals surface area contributed by atoms with Crippen LogP contribution in [0.1, 0.15) is 28.5 Å². The first-order valence-corrected chi connectivity index (χ1v) is 16.2. The van der Waals surface area contributed by atoms with Crippen molar-refractivity contribution in [3.8, 4) is 16.9 Å². The molecule has 0 saturated carbocycles. The summed E-state index contributed by atoms with van der Waals surface area (Å²) in [5.41, 5.74) is 0.651. The first-order valence-electron chi connectivity index (χ1n) is 14.7. The van der Waals surface area contributed by atoms with Crippen molar-refractivity contribution < 1.29 is 55.6 Å². The average Bonchev–Trinajstić information content (AvgIpc) is 3.54. The summed E-state index contributed by atoms with van der Waals surface area (Å²) in [5.74, 6) is -0.729. The Hall–Kier alpha value is -5.69. The molecule has 0 radical (unpaired) electrons. The van der Waals surface area contributed by atoms with E-state index in [4.69, 9.17) is 14.3 Å². The van der Waals surface area contributed by atoms with Gasteiger partial charge in [-0.25, -0.2) is 27.4 Å². The number of alkyl halides is 3. The second-order valence-corrected chi connectivity index (χ2v) is 12.1. The van der Waals surface area contributed by atoms with Gasteiger partial charge in [0.2, 0.25) is 5.28 Å². The van der Waals surface area contributed by atoms with E-state index in [1.807, 2.05) is 6.92 Å². The summed E-state index contributed by atoms with van der Waals surface area (Å²) in [4.78, 5) is 28.8. The van der Waals surface area contributed by atoms with Crippen LogP contribution in [0.15, 0.2) is 95.1 Å². The number of hydrogen-bond acceptors (Lipinski definition) is 11. The Morgan fingerprint density at radius 2 is 1.72 bits per heavy atom. The number of aliphatic hydroxyl groups is 1. The fourth-order valence-electron chi connectivity index (χ4n) is 4.23. The zero-order chi connectivity index (χ0) is 36.5. The normalized spacial score (nSPS) is 12.6. The molecule has 15 nitrogen and oxygen atoms in total. The molecule has 4 rings (SSSR count). The molecule has 0 bridgehead atoms. The van der Waals surface area contributed by atoms with Crippen LogP contribution in [0.3, 0.4) is 0 Å². The summed E-state index contributed by atoms with van der Waals surface area (Å²) in [6, 6.07) is 20.1. The zero-order valence-electron chi connectivity index (χ0n) is 26.5.